The van der Waals surface area contributed by atoms with Crippen LogP contribution in [0, 0.1) is 12.7 Å². The van der Waals surface area contributed by atoms with Crippen LogP contribution >= 0.6 is 11.8 Å². The van der Waals surface area contributed by atoms with Crippen LogP contribution in [0.15, 0.2) is 53.4 Å². The minimum Gasteiger partial charge on any atom is -0.326 e. The Hall–Kier alpha value is -1.81. The number of carbonyl (C=O) groups excluding carboxylic acids is 1. The van der Waals surface area contributed by atoms with Crippen LogP contribution in [0.3, 0.4) is 0 Å². The standard InChI is InChI=1S/C16H16FNOS/c1-12-11-13(17)7-8-15(12)18-16(19)9-10-20-14-5-3-2-4-6-14/h2-8,11H,9-10H2,1H3,(H,18,19). The smallest absolute Gasteiger partial charge is 0.225 e. The number of benzene rings is 2. The fourth-order valence-corrected chi connectivity index (χ4v) is 2.63. The van der Waals surface area contributed by atoms with Gasteiger partial charge in [0.2, 0.25) is 5.91 Å². The third-order valence-corrected chi connectivity index (χ3v) is 3.82. The number of rotatable bonds is 5. The maximum atomic E-state index is 13.0. The van der Waals surface area contributed by atoms with Gasteiger partial charge in [-0.3, -0.25) is 4.79 Å². The van der Waals surface area contributed by atoms with Gasteiger partial charge in [0, 0.05) is 22.8 Å². The summed E-state index contributed by atoms with van der Waals surface area (Å²) in [7, 11) is 0. The molecule has 1 amide bonds. The summed E-state index contributed by atoms with van der Waals surface area (Å²) in [5.74, 6) is 0.374. The summed E-state index contributed by atoms with van der Waals surface area (Å²) in [5, 5.41) is 2.80. The summed E-state index contributed by atoms with van der Waals surface area (Å²) >= 11 is 1.65. The Kier molecular flexibility index (Phi) is 5.18. The van der Waals surface area contributed by atoms with E-state index in [9.17, 15) is 9.18 Å². The number of nitrogens with one attached hydrogen (secondary N) is 1. The molecule has 2 rings (SSSR count). The molecule has 0 radical (unpaired) electrons. The number of carbonyl (C=O) groups is 1. The van der Waals surface area contributed by atoms with Gasteiger partial charge in [0.1, 0.15) is 5.82 Å². The maximum Gasteiger partial charge on any atom is 0.225 e. The van der Waals surface area contributed by atoms with Gasteiger partial charge in [0.25, 0.3) is 0 Å². The van der Waals surface area contributed by atoms with Crippen molar-refractivity contribution in [2.24, 2.45) is 0 Å². The first-order valence-corrected chi connectivity index (χ1v) is 7.37. The molecule has 2 nitrogen and oxygen atoms in total. The van der Waals surface area contributed by atoms with E-state index in [4.69, 9.17) is 0 Å². The predicted molar refractivity (Wildman–Crippen MR) is 81.5 cm³/mol. The molecule has 0 aliphatic rings. The lowest BCUT2D eigenvalue weighted by atomic mass is 10.2. The summed E-state index contributed by atoms with van der Waals surface area (Å²) in [6.45, 7) is 1.78. The summed E-state index contributed by atoms with van der Waals surface area (Å²) < 4.78 is 13.0. The van der Waals surface area contributed by atoms with Crippen molar-refractivity contribution in [2.45, 2.75) is 18.2 Å². The molecule has 0 unspecified atom stereocenters. The number of hydrogen-bond acceptors (Lipinski definition) is 2. The molecule has 20 heavy (non-hydrogen) atoms. The first-order chi connectivity index (χ1) is 9.65. The summed E-state index contributed by atoms with van der Waals surface area (Å²) in [5.41, 5.74) is 1.40. The van der Waals surface area contributed by atoms with Gasteiger partial charge in [-0.15, -0.1) is 11.8 Å². The zero-order valence-electron chi connectivity index (χ0n) is 11.2. The van der Waals surface area contributed by atoms with Crippen LogP contribution in [0.4, 0.5) is 10.1 Å². The van der Waals surface area contributed by atoms with Crippen molar-refractivity contribution in [3.63, 3.8) is 0 Å². The number of amides is 1. The van der Waals surface area contributed by atoms with E-state index < -0.39 is 0 Å². The van der Waals surface area contributed by atoms with Crippen molar-refractivity contribution in [1.82, 2.24) is 0 Å². The Morgan fingerprint density at radius 3 is 2.65 bits per heavy atom. The van der Waals surface area contributed by atoms with E-state index in [0.29, 0.717) is 12.1 Å². The number of aryl methyl sites for hydroxylation is 1. The topological polar surface area (TPSA) is 29.1 Å². The third-order valence-electron chi connectivity index (χ3n) is 2.80. The molecular weight excluding hydrogens is 273 g/mol. The van der Waals surface area contributed by atoms with Crippen molar-refractivity contribution < 1.29 is 9.18 Å². The largest absolute Gasteiger partial charge is 0.326 e. The molecule has 0 atom stereocenters. The van der Waals surface area contributed by atoms with Crippen molar-refractivity contribution in [3.8, 4) is 0 Å². The van der Waals surface area contributed by atoms with E-state index in [-0.39, 0.29) is 11.7 Å². The number of anilines is 1. The minimum absolute atomic E-state index is 0.0526. The van der Waals surface area contributed by atoms with Gasteiger partial charge < -0.3 is 5.32 Å². The Balaban J connectivity index is 1.81. The maximum absolute atomic E-state index is 13.0. The van der Waals surface area contributed by atoms with E-state index in [0.717, 1.165) is 16.2 Å². The Bertz CT molecular complexity index is 586. The predicted octanol–water partition coefficient (Wildman–Crippen LogP) is 4.26. The molecule has 2 aromatic carbocycles. The molecule has 0 aliphatic heterocycles. The molecule has 0 aromatic heterocycles. The fourth-order valence-electron chi connectivity index (χ4n) is 1.76. The van der Waals surface area contributed by atoms with E-state index in [1.54, 1.807) is 24.8 Å². The molecular formula is C16H16FNOS. The molecule has 0 saturated carbocycles. The summed E-state index contributed by atoms with van der Waals surface area (Å²) in [4.78, 5) is 13.0. The molecule has 4 heteroatoms. The molecule has 0 aliphatic carbocycles. The van der Waals surface area contributed by atoms with Crippen LogP contribution in [0.25, 0.3) is 0 Å². The number of halogens is 1. The average Bonchev–Trinajstić information content (AvgIpc) is 2.43. The third kappa shape index (κ3) is 4.38. The highest BCUT2D eigenvalue weighted by molar-refractivity contribution is 7.99. The molecule has 2 aromatic rings. The quantitative estimate of drug-likeness (QED) is 0.833. The molecule has 0 bridgehead atoms. The summed E-state index contributed by atoms with van der Waals surface area (Å²) in [6.07, 6.45) is 0.427. The Morgan fingerprint density at radius 2 is 1.95 bits per heavy atom. The van der Waals surface area contributed by atoms with Crippen molar-refractivity contribution in [1.29, 1.82) is 0 Å². The first kappa shape index (κ1) is 14.6. The second-order valence-corrected chi connectivity index (χ2v) is 5.59. The molecule has 0 saturated heterocycles. The van der Waals surface area contributed by atoms with Gasteiger partial charge >= 0.3 is 0 Å². The van der Waals surface area contributed by atoms with E-state index in [1.807, 2.05) is 30.3 Å². The normalized spacial score (nSPS) is 10.3. The van der Waals surface area contributed by atoms with Crippen LogP contribution in [0.2, 0.25) is 0 Å². The van der Waals surface area contributed by atoms with E-state index >= 15 is 0 Å². The lowest BCUT2D eigenvalue weighted by Crippen LogP contribution is -2.13. The number of hydrogen-bond donors (Lipinski definition) is 1. The van der Waals surface area contributed by atoms with Gasteiger partial charge in [0.15, 0.2) is 0 Å². The average molecular weight is 289 g/mol. The van der Waals surface area contributed by atoms with E-state index in [1.165, 1.54) is 12.1 Å². The van der Waals surface area contributed by atoms with Crippen LogP contribution < -0.4 is 5.32 Å². The van der Waals surface area contributed by atoms with Gasteiger partial charge in [0.05, 0.1) is 0 Å². The molecule has 0 heterocycles. The number of thioether (sulfide) groups is 1. The van der Waals surface area contributed by atoms with Gasteiger partial charge in [-0.25, -0.2) is 4.39 Å². The second-order valence-electron chi connectivity index (χ2n) is 4.42. The molecule has 0 spiro atoms. The van der Waals surface area contributed by atoms with Gasteiger partial charge in [-0.1, -0.05) is 18.2 Å². The highest BCUT2D eigenvalue weighted by Gasteiger charge is 2.05. The highest BCUT2D eigenvalue weighted by atomic mass is 32.2. The van der Waals surface area contributed by atoms with Gasteiger partial charge in [-0.2, -0.15) is 0 Å². The summed E-state index contributed by atoms with van der Waals surface area (Å²) in [6, 6.07) is 14.3. The SMILES string of the molecule is Cc1cc(F)ccc1NC(=O)CCSc1ccccc1. The monoisotopic (exact) mass is 289 g/mol. The Morgan fingerprint density at radius 1 is 1.20 bits per heavy atom. The Labute approximate surface area is 122 Å². The van der Waals surface area contributed by atoms with Gasteiger partial charge in [-0.05, 0) is 42.8 Å². The molecule has 0 fully saturated rings. The van der Waals surface area contributed by atoms with Crippen LogP contribution in [-0.2, 0) is 4.79 Å². The van der Waals surface area contributed by atoms with Crippen molar-refractivity contribution >= 4 is 23.4 Å². The molecule has 1 N–H and O–H groups in total. The van der Waals surface area contributed by atoms with Crippen LogP contribution in [0.1, 0.15) is 12.0 Å². The van der Waals surface area contributed by atoms with E-state index in [2.05, 4.69) is 5.32 Å². The fraction of sp³-hybridized carbons (Fsp3) is 0.188. The molecule has 104 valence electrons. The first-order valence-electron chi connectivity index (χ1n) is 6.39. The lowest BCUT2D eigenvalue weighted by molar-refractivity contribution is -0.115. The lowest BCUT2D eigenvalue weighted by Gasteiger charge is -2.08. The second kappa shape index (κ2) is 7.10. The van der Waals surface area contributed by atoms with Crippen molar-refractivity contribution in [2.75, 3.05) is 11.1 Å². The van der Waals surface area contributed by atoms with Crippen molar-refractivity contribution in [3.05, 3.63) is 59.9 Å². The highest BCUT2D eigenvalue weighted by Crippen LogP contribution is 2.19. The van der Waals surface area contributed by atoms with Crippen LogP contribution in [0.5, 0.6) is 0 Å². The zero-order chi connectivity index (χ0) is 14.4. The van der Waals surface area contributed by atoms with Crippen LogP contribution in [-0.4, -0.2) is 11.7 Å². The minimum atomic E-state index is -0.292. The zero-order valence-corrected chi connectivity index (χ0v) is 12.0.